The first kappa shape index (κ1) is 16.5. The highest BCUT2D eigenvalue weighted by Crippen LogP contribution is 2.40. The molecule has 1 saturated heterocycles. The highest BCUT2D eigenvalue weighted by molar-refractivity contribution is 14.1. The lowest BCUT2D eigenvalue weighted by Gasteiger charge is -2.48. The van der Waals surface area contributed by atoms with Crippen molar-refractivity contribution in [3.05, 3.63) is 44.8 Å². The summed E-state index contributed by atoms with van der Waals surface area (Å²) in [4.78, 5) is 35.5. The van der Waals surface area contributed by atoms with Crippen molar-refractivity contribution in [3.8, 4) is 0 Å². The molecule has 8 heteroatoms. The predicted molar refractivity (Wildman–Crippen MR) is 102 cm³/mol. The van der Waals surface area contributed by atoms with Gasteiger partial charge < -0.3 is 4.90 Å². The zero-order valence-electron chi connectivity index (χ0n) is 14.0. The maximum Gasteiger partial charge on any atom is 0.338 e. The molecule has 1 atom stereocenters. The van der Waals surface area contributed by atoms with Crippen LogP contribution in [0.2, 0.25) is 0 Å². The number of halogens is 1. The highest BCUT2D eigenvalue weighted by atomic mass is 127. The first-order valence-corrected chi connectivity index (χ1v) is 9.22. The number of fused-ring (bicyclic) bond motifs is 1. The van der Waals surface area contributed by atoms with Crippen LogP contribution in [-0.2, 0) is 7.05 Å². The zero-order chi connectivity index (χ0) is 17.8. The Hall–Kier alpha value is -1.97. The Bertz CT molecular complexity index is 983. The number of imidazole rings is 1. The van der Waals surface area contributed by atoms with Crippen molar-refractivity contribution in [2.24, 2.45) is 18.4 Å². The van der Waals surface area contributed by atoms with Gasteiger partial charge in [-0.15, -0.1) is 0 Å². The van der Waals surface area contributed by atoms with Gasteiger partial charge >= 0.3 is 11.7 Å². The molecule has 7 nitrogen and oxygen atoms in total. The normalized spacial score (nSPS) is 23.2. The Morgan fingerprint density at radius 1 is 1.36 bits per heavy atom. The molecule has 2 aromatic rings. The van der Waals surface area contributed by atoms with Gasteiger partial charge in [-0.2, -0.15) is 0 Å². The Kier molecular flexibility index (Phi) is 3.82. The van der Waals surface area contributed by atoms with E-state index in [1.54, 1.807) is 11.9 Å². The van der Waals surface area contributed by atoms with Crippen molar-refractivity contribution in [2.75, 3.05) is 13.1 Å². The van der Waals surface area contributed by atoms with E-state index in [0.29, 0.717) is 34.0 Å². The van der Waals surface area contributed by atoms with E-state index >= 15 is 0 Å². The SMILES string of the molecule is Cn1c(=O)n(C(=O)N2CC(C3(C)C=CC=CC3)C2)c2cnc(I)nc21. The largest absolute Gasteiger partial charge is 0.338 e. The lowest BCUT2D eigenvalue weighted by Crippen LogP contribution is -2.57. The fourth-order valence-corrected chi connectivity index (χ4v) is 3.89. The van der Waals surface area contributed by atoms with Crippen molar-refractivity contribution < 1.29 is 4.79 Å². The smallest absolute Gasteiger partial charge is 0.323 e. The van der Waals surface area contributed by atoms with Gasteiger partial charge in [-0.3, -0.25) is 4.57 Å². The Balaban J connectivity index is 1.60. The molecule has 0 aromatic carbocycles. The van der Waals surface area contributed by atoms with Gasteiger partial charge in [0.1, 0.15) is 5.52 Å². The molecule has 1 fully saturated rings. The molecule has 4 rings (SSSR count). The molecule has 1 unspecified atom stereocenters. The average Bonchev–Trinajstić information content (AvgIpc) is 2.78. The number of amides is 1. The first-order chi connectivity index (χ1) is 11.9. The van der Waals surface area contributed by atoms with Crippen LogP contribution < -0.4 is 5.69 Å². The summed E-state index contributed by atoms with van der Waals surface area (Å²) >= 11 is 1.99. The summed E-state index contributed by atoms with van der Waals surface area (Å²) in [6.45, 7) is 3.53. The molecule has 0 N–H and O–H groups in total. The molecular weight excluding hydrogens is 433 g/mol. The summed E-state index contributed by atoms with van der Waals surface area (Å²) in [7, 11) is 1.62. The van der Waals surface area contributed by atoms with Gasteiger partial charge in [0.05, 0.1) is 6.20 Å². The Labute approximate surface area is 158 Å². The molecule has 1 aliphatic heterocycles. The van der Waals surface area contributed by atoms with Crippen molar-refractivity contribution in [3.63, 3.8) is 0 Å². The minimum absolute atomic E-state index is 0.0778. The number of aromatic nitrogens is 4. The highest BCUT2D eigenvalue weighted by Gasteiger charge is 2.43. The summed E-state index contributed by atoms with van der Waals surface area (Å²) in [5, 5.41) is 0. The minimum atomic E-state index is -0.383. The first-order valence-electron chi connectivity index (χ1n) is 8.14. The van der Waals surface area contributed by atoms with Crippen molar-refractivity contribution >= 4 is 39.8 Å². The van der Waals surface area contributed by atoms with E-state index in [4.69, 9.17) is 0 Å². The summed E-state index contributed by atoms with van der Waals surface area (Å²) in [5.41, 5.74) is 0.621. The molecule has 25 heavy (non-hydrogen) atoms. The zero-order valence-corrected chi connectivity index (χ0v) is 16.2. The van der Waals surface area contributed by atoms with E-state index < -0.39 is 0 Å². The van der Waals surface area contributed by atoms with Crippen LogP contribution in [0.5, 0.6) is 0 Å². The Morgan fingerprint density at radius 2 is 2.12 bits per heavy atom. The van der Waals surface area contributed by atoms with Gasteiger partial charge in [0.2, 0.25) is 0 Å². The molecular formula is C17H18IN5O2. The maximum atomic E-state index is 12.9. The van der Waals surface area contributed by atoms with Gasteiger partial charge in [-0.25, -0.2) is 24.1 Å². The van der Waals surface area contributed by atoms with E-state index in [1.165, 1.54) is 15.3 Å². The van der Waals surface area contributed by atoms with Crippen LogP contribution in [0.3, 0.4) is 0 Å². The predicted octanol–water partition coefficient (Wildman–Crippen LogP) is 2.16. The number of likely N-dealkylation sites (tertiary alicyclic amines) is 1. The molecule has 1 amide bonds. The molecule has 0 bridgehead atoms. The lowest BCUT2D eigenvalue weighted by molar-refractivity contribution is 0.0583. The number of aryl methyl sites for hydroxylation is 1. The van der Waals surface area contributed by atoms with Crippen molar-refractivity contribution in [1.29, 1.82) is 0 Å². The number of carbonyl (C=O) groups is 1. The average molecular weight is 451 g/mol. The summed E-state index contributed by atoms with van der Waals surface area (Å²) in [6.07, 6.45) is 11.0. The molecule has 3 heterocycles. The van der Waals surface area contributed by atoms with Crippen LogP contribution in [0.15, 0.2) is 35.3 Å². The van der Waals surface area contributed by atoms with E-state index in [2.05, 4.69) is 41.2 Å². The minimum Gasteiger partial charge on any atom is -0.323 e. The second-order valence-corrected chi connectivity index (χ2v) is 7.87. The number of nitrogens with zero attached hydrogens (tertiary/aromatic N) is 5. The maximum absolute atomic E-state index is 12.9. The number of carbonyl (C=O) groups excluding carboxylic acids is 1. The van der Waals surface area contributed by atoms with Crippen LogP contribution in [0.1, 0.15) is 13.3 Å². The van der Waals surface area contributed by atoms with E-state index in [0.717, 1.165) is 6.42 Å². The second kappa shape index (κ2) is 5.79. The van der Waals surface area contributed by atoms with E-state index in [-0.39, 0.29) is 17.1 Å². The molecule has 0 radical (unpaired) electrons. The molecule has 0 saturated carbocycles. The number of hydrogen-bond acceptors (Lipinski definition) is 4. The van der Waals surface area contributed by atoms with Gasteiger partial charge in [-0.1, -0.05) is 31.2 Å². The molecule has 1 aliphatic carbocycles. The Morgan fingerprint density at radius 3 is 2.80 bits per heavy atom. The van der Waals surface area contributed by atoms with Crippen molar-refractivity contribution in [1.82, 2.24) is 24.0 Å². The number of hydrogen-bond donors (Lipinski definition) is 0. The summed E-state index contributed by atoms with van der Waals surface area (Å²) in [6, 6.07) is -0.296. The topological polar surface area (TPSA) is 73.0 Å². The monoisotopic (exact) mass is 451 g/mol. The van der Waals surface area contributed by atoms with Crippen LogP contribution in [0, 0.1) is 15.2 Å². The lowest BCUT2D eigenvalue weighted by atomic mass is 9.69. The van der Waals surface area contributed by atoms with Crippen LogP contribution in [-0.4, -0.2) is 43.1 Å². The molecule has 2 aromatic heterocycles. The molecule has 0 spiro atoms. The van der Waals surface area contributed by atoms with Crippen LogP contribution in [0.4, 0.5) is 4.79 Å². The number of allylic oxidation sites excluding steroid dienone is 4. The molecule has 130 valence electrons. The third kappa shape index (κ3) is 2.54. The van der Waals surface area contributed by atoms with E-state index in [1.807, 2.05) is 22.6 Å². The van der Waals surface area contributed by atoms with Gasteiger partial charge in [0.15, 0.2) is 9.48 Å². The third-order valence-electron chi connectivity index (χ3n) is 5.32. The molecule has 2 aliphatic rings. The quantitative estimate of drug-likeness (QED) is 0.492. The van der Waals surface area contributed by atoms with Gasteiger partial charge in [0, 0.05) is 48.6 Å². The second-order valence-electron chi connectivity index (χ2n) is 6.91. The number of rotatable bonds is 1. The standard InChI is InChI=1S/C17H18IN5O2/c1-17(6-4-3-5-7-17)11-9-22(10-11)16(25)23-12-8-19-14(18)20-13(12)21(2)15(23)24/h3-6,8,11H,7,9-10H2,1-2H3. The summed E-state index contributed by atoms with van der Waals surface area (Å²) < 4.78 is 3.12. The van der Waals surface area contributed by atoms with E-state index in [9.17, 15) is 9.59 Å². The third-order valence-corrected chi connectivity index (χ3v) is 5.84. The fourth-order valence-electron chi connectivity index (χ4n) is 3.52. The van der Waals surface area contributed by atoms with Gasteiger partial charge in [-0.05, 0) is 11.8 Å². The fraction of sp³-hybridized carbons (Fsp3) is 0.412. The summed E-state index contributed by atoms with van der Waals surface area (Å²) in [5.74, 6) is 0.403. The van der Waals surface area contributed by atoms with Crippen LogP contribution in [0.25, 0.3) is 11.2 Å². The van der Waals surface area contributed by atoms with Gasteiger partial charge in [0.25, 0.3) is 0 Å². The van der Waals surface area contributed by atoms with Crippen LogP contribution >= 0.6 is 22.6 Å². The van der Waals surface area contributed by atoms with Crippen molar-refractivity contribution in [2.45, 2.75) is 13.3 Å².